The summed E-state index contributed by atoms with van der Waals surface area (Å²) in [5.41, 5.74) is 3.17. The minimum Gasteiger partial charge on any atom is -0.507 e. The molecule has 0 atom stereocenters. The van der Waals surface area contributed by atoms with Crippen LogP contribution < -0.4 is 0 Å². The first-order chi connectivity index (χ1) is 11.7. The van der Waals surface area contributed by atoms with Gasteiger partial charge in [-0.25, -0.2) is 20.0 Å². The molecule has 2 N–H and O–H groups in total. The predicted molar refractivity (Wildman–Crippen MR) is 92.3 cm³/mol. The number of benzene rings is 2. The summed E-state index contributed by atoms with van der Waals surface area (Å²) >= 11 is 0. The zero-order valence-electron chi connectivity index (χ0n) is 12.6. The van der Waals surface area contributed by atoms with Crippen LogP contribution in [0.25, 0.3) is 11.1 Å². The van der Waals surface area contributed by atoms with Crippen LogP contribution >= 0.6 is 0 Å². The maximum absolute atomic E-state index is 10.7. The van der Waals surface area contributed by atoms with E-state index in [4.69, 9.17) is 0 Å². The molecular weight excluding hydrogens is 499 g/mol. The van der Waals surface area contributed by atoms with Crippen LogP contribution in [0.5, 0.6) is 11.5 Å². The molecule has 3 aliphatic heterocycles. The quantitative estimate of drug-likeness (QED) is 0.572. The topological polar surface area (TPSA) is 89.9 Å². The standard InChI is InChI=1S/C18H10N4O2.Pt/c23-15-9-3-1-5-11(15)17-19-7-13(21-17)14-8-20-18(22-14)12-6-2-4-10(9)16(12)24;/h1-8,23-24H;. The number of nitrogens with zero attached hydrogens (tertiary/aromatic N) is 4. The van der Waals surface area contributed by atoms with Crippen LogP contribution in [0.15, 0.2) is 67.8 Å². The van der Waals surface area contributed by atoms with Crippen molar-refractivity contribution in [2.24, 2.45) is 20.0 Å². The summed E-state index contributed by atoms with van der Waals surface area (Å²) in [4.78, 5) is 17.5. The molecule has 6 nitrogen and oxygen atoms in total. The molecule has 0 aliphatic carbocycles. The van der Waals surface area contributed by atoms with Crippen LogP contribution in [-0.2, 0) is 21.1 Å². The third-order valence-corrected chi connectivity index (χ3v) is 4.18. The van der Waals surface area contributed by atoms with E-state index in [1.165, 1.54) is 0 Å². The Kier molecular flexibility index (Phi) is 3.51. The third kappa shape index (κ3) is 2.22. The van der Waals surface area contributed by atoms with Crippen molar-refractivity contribution in [1.82, 2.24) is 0 Å². The minimum atomic E-state index is 0. The average Bonchev–Trinajstić information content (AvgIpc) is 3.24. The molecule has 0 radical (unpaired) electrons. The average molecular weight is 509 g/mol. The number of aliphatic imine (C=N–C) groups is 4. The van der Waals surface area contributed by atoms with Gasteiger partial charge in [0.25, 0.3) is 0 Å². The molecule has 7 heteroatoms. The predicted octanol–water partition coefficient (Wildman–Crippen LogP) is 2.65. The Balaban J connectivity index is 0.00000157. The van der Waals surface area contributed by atoms with Gasteiger partial charge >= 0.3 is 0 Å². The number of para-hydroxylation sites is 2. The Morgan fingerprint density at radius 3 is 1.44 bits per heavy atom. The molecule has 2 aromatic carbocycles. The molecular formula is C18H10N4O2Pt. The van der Waals surface area contributed by atoms with Gasteiger partial charge in [0.05, 0.1) is 23.6 Å². The van der Waals surface area contributed by atoms with Crippen molar-refractivity contribution in [3.8, 4) is 22.6 Å². The van der Waals surface area contributed by atoms with Crippen molar-refractivity contribution in [3.05, 3.63) is 58.9 Å². The summed E-state index contributed by atoms with van der Waals surface area (Å²) in [7, 11) is 0. The molecule has 2 aromatic rings. The smallest absolute Gasteiger partial charge is 0.163 e. The molecule has 0 aromatic heterocycles. The third-order valence-electron chi connectivity index (χ3n) is 4.18. The van der Waals surface area contributed by atoms with Gasteiger partial charge in [-0.3, -0.25) is 0 Å². The second-order valence-corrected chi connectivity index (χ2v) is 5.56. The van der Waals surface area contributed by atoms with Crippen molar-refractivity contribution in [2.45, 2.75) is 0 Å². The second-order valence-electron chi connectivity index (χ2n) is 5.56. The molecule has 0 unspecified atom stereocenters. The van der Waals surface area contributed by atoms with Crippen LogP contribution in [0.2, 0.25) is 0 Å². The van der Waals surface area contributed by atoms with Gasteiger partial charge in [-0.05, 0) is 12.1 Å². The number of phenols is 2. The maximum Gasteiger partial charge on any atom is 0.163 e. The van der Waals surface area contributed by atoms with Gasteiger partial charge in [0.15, 0.2) is 11.7 Å². The monoisotopic (exact) mass is 509 g/mol. The fraction of sp³-hybridized carbons (Fsp3) is 0. The summed E-state index contributed by atoms with van der Waals surface area (Å²) in [6.45, 7) is 0. The number of fused-ring (bicyclic) bond motifs is 9. The first-order valence-corrected chi connectivity index (χ1v) is 7.37. The van der Waals surface area contributed by atoms with E-state index in [1.807, 2.05) is 0 Å². The van der Waals surface area contributed by atoms with E-state index >= 15 is 0 Å². The Hall–Kier alpha value is -2.85. The molecule has 25 heavy (non-hydrogen) atoms. The van der Waals surface area contributed by atoms with Gasteiger partial charge in [0.1, 0.15) is 22.9 Å². The molecule has 0 saturated carbocycles. The van der Waals surface area contributed by atoms with Crippen LogP contribution in [0.3, 0.4) is 0 Å². The van der Waals surface area contributed by atoms with Gasteiger partial charge in [-0.15, -0.1) is 0 Å². The van der Waals surface area contributed by atoms with E-state index in [0.717, 1.165) is 0 Å². The van der Waals surface area contributed by atoms with Gasteiger partial charge in [-0.2, -0.15) is 0 Å². The molecule has 5 rings (SSSR count). The zero-order valence-corrected chi connectivity index (χ0v) is 14.9. The number of amidine groups is 2. The van der Waals surface area contributed by atoms with Crippen molar-refractivity contribution in [3.63, 3.8) is 0 Å². The summed E-state index contributed by atoms with van der Waals surface area (Å²) in [6.07, 6.45) is 3.20. The first-order valence-electron chi connectivity index (χ1n) is 7.37. The normalized spacial score (nSPS) is 16.0. The van der Waals surface area contributed by atoms with Crippen LogP contribution in [0.1, 0.15) is 11.1 Å². The number of hydrogen-bond donors (Lipinski definition) is 2. The van der Waals surface area contributed by atoms with Crippen LogP contribution in [0.4, 0.5) is 0 Å². The van der Waals surface area contributed by atoms with Crippen molar-refractivity contribution >= 4 is 24.1 Å². The van der Waals surface area contributed by atoms with Gasteiger partial charge in [-0.1, -0.05) is 24.3 Å². The number of rotatable bonds is 0. The molecule has 3 heterocycles. The Morgan fingerprint density at radius 1 is 0.600 bits per heavy atom. The molecule has 0 saturated heterocycles. The van der Waals surface area contributed by atoms with E-state index in [2.05, 4.69) is 20.0 Å². The number of phenolic OH excluding ortho intramolecular Hbond substituents is 2. The summed E-state index contributed by atoms with van der Waals surface area (Å²) < 4.78 is 0. The van der Waals surface area contributed by atoms with E-state index in [1.54, 1.807) is 48.8 Å². The van der Waals surface area contributed by atoms with Crippen molar-refractivity contribution in [1.29, 1.82) is 0 Å². The Bertz CT molecular complexity index is 995. The fourth-order valence-electron chi connectivity index (χ4n) is 2.98. The Labute approximate surface area is 157 Å². The largest absolute Gasteiger partial charge is 0.507 e. The maximum atomic E-state index is 10.7. The van der Waals surface area contributed by atoms with Gasteiger partial charge in [0, 0.05) is 32.2 Å². The zero-order chi connectivity index (χ0) is 16.3. The van der Waals surface area contributed by atoms with E-state index < -0.39 is 0 Å². The van der Waals surface area contributed by atoms with E-state index in [0.29, 0.717) is 45.3 Å². The van der Waals surface area contributed by atoms with Gasteiger partial charge < -0.3 is 10.2 Å². The van der Waals surface area contributed by atoms with E-state index in [-0.39, 0.29) is 32.6 Å². The molecule has 3 aliphatic rings. The summed E-state index contributed by atoms with van der Waals surface area (Å²) in [5.74, 6) is 0.876. The summed E-state index contributed by atoms with van der Waals surface area (Å²) in [6, 6.07) is 10.6. The van der Waals surface area contributed by atoms with Gasteiger partial charge in [0.2, 0.25) is 0 Å². The molecule has 8 bridgehead atoms. The number of hydrogen-bond acceptors (Lipinski definition) is 6. The second kappa shape index (κ2) is 5.60. The molecule has 0 fully saturated rings. The SMILES string of the molecule is Oc1c2cccc1-c1cccc(c1O)C1=NC(=C3C=NC2=N3)C=N1.[Pt]. The van der Waals surface area contributed by atoms with E-state index in [9.17, 15) is 10.2 Å². The summed E-state index contributed by atoms with van der Waals surface area (Å²) in [5, 5.41) is 21.4. The first kappa shape index (κ1) is 15.7. The van der Waals surface area contributed by atoms with Crippen molar-refractivity contribution in [2.75, 3.05) is 0 Å². The minimum absolute atomic E-state index is 0. The number of allylic oxidation sites excluding steroid dienone is 2. The molecule has 0 amide bonds. The van der Waals surface area contributed by atoms with Crippen LogP contribution in [-0.4, -0.2) is 34.3 Å². The number of aromatic hydroxyl groups is 2. The van der Waals surface area contributed by atoms with Crippen LogP contribution in [0, 0.1) is 0 Å². The fourth-order valence-corrected chi connectivity index (χ4v) is 2.98. The molecule has 0 spiro atoms. The molecule has 124 valence electrons. The Morgan fingerprint density at radius 2 is 1.00 bits per heavy atom. The van der Waals surface area contributed by atoms with Crippen molar-refractivity contribution < 1.29 is 31.3 Å².